The van der Waals surface area contributed by atoms with Gasteiger partial charge in [-0.05, 0) is 6.42 Å². The molecule has 0 aromatic carbocycles. The van der Waals surface area contributed by atoms with E-state index in [1.165, 1.54) is 4.68 Å². The normalized spacial score (nSPS) is 10.1. The Labute approximate surface area is 82.2 Å². The first-order valence-corrected chi connectivity index (χ1v) is 4.37. The van der Waals surface area contributed by atoms with Gasteiger partial charge in [0, 0.05) is 27.3 Å². The molecule has 1 amide bonds. The molecule has 1 rings (SSSR count). The molecule has 0 aliphatic rings. The van der Waals surface area contributed by atoms with Gasteiger partial charge < -0.3 is 10.1 Å². The van der Waals surface area contributed by atoms with Gasteiger partial charge >= 0.3 is 0 Å². The number of hydrogen-bond acceptors (Lipinski definition) is 4. The van der Waals surface area contributed by atoms with Crippen LogP contribution in [0.4, 0.5) is 0 Å². The average Bonchev–Trinajstić information content (AvgIpc) is 2.59. The van der Waals surface area contributed by atoms with Gasteiger partial charge in [-0.2, -0.15) is 0 Å². The summed E-state index contributed by atoms with van der Waals surface area (Å²) in [7, 11) is 3.35. The molecule has 14 heavy (non-hydrogen) atoms. The van der Waals surface area contributed by atoms with E-state index in [-0.39, 0.29) is 5.91 Å². The molecule has 0 saturated heterocycles. The minimum Gasteiger partial charge on any atom is -0.385 e. The van der Waals surface area contributed by atoms with Crippen molar-refractivity contribution in [3.8, 4) is 0 Å². The van der Waals surface area contributed by atoms with E-state index in [0.29, 0.717) is 18.8 Å². The number of carbonyl (C=O) groups excluding carboxylic acids is 1. The van der Waals surface area contributed by atoms with Crippen molar-refractivity contribution in [1.29, 1.82) is 0 Å². The lowest BCUT2D eigenvalue weighted by atomic mass is 10.4. The van der Waals surface area contributed by atoms with Crippen LogP contribution >= 0.6 is 0 Å². The molecule has 0 unspecified atom stereocenters. The number of amides is 1. The van der Waals surface area contributed by atoms with Crippen molar-refractivity contribution >= 4 is 5.91 Å². The maximum Gasteiger partial charge on any atom is 0.273 e. The third kappa shape index (κ3) is 3.14. The highest BCUT2D eigenvalue weighted by Gasteiger charge is 2.07. The first-order chi connectivity index (χ1) is 6.74. The summed E-state index contributed by atoms with van der Waals surface area (Å²) in [6.07, 6.45) is 2.37. The van der Waals surface area contributed by atoms with Crippen molar-refractivity contribution in [3.63, 3.8) is 0 Å². The van der Waals surface area contributed by atoms with Crippen molar-refractivity contribution < 1.29 is 9.53 Å². The number of carbonyl (C=O) groups is 1. The van der Waals surface area contributed by atoms with Crippen molar-refractivity contribution in [2.75, 3.05) is 20.3 Å². The molecule has 78 valence electrons. The van der Waals surface area contributed by atoms with E-state index in [1.807, 2.05) is 0 Å². The highest BCUT2D eigenvalue weighted by Crippen LogP contribution is 1.90. The number of hydrogen-bond donors (Lipinski definition) is 1. The van der Waals surface area contributed by atoms with Gasteiger partial charge in [0.2, 0.25) is 0 Å². The quantitative estimate of drug-likeness (QED) is 0.652. The fourth-order valence-electron chi connectivity index (χ4n) is 0.960. The molecule has 0 saturated carbocycles. The van der Waals surface area contributed by atoms with E-state index < -0.39 is 0 Å². The van der Waals surface area contributed by atoms with Crippen LogP contribution in [0.3, 0.4) is 0 Å². The summed E-state index contributed by atoms with van der Waals surface area (Å²) >= 11 is 0. The summed E-state index contributed by atoms with van der Waals surface area (Å²) < 4.78 is 6.34. The van der Waals surface area contributed by atoms with Crippen molar-refractivity contribution in [2.45, 2.75) is 6.42 Å². The van der Waals surface area contributed by atoms with Crippen LogP contribution in [0.1, 0.15) is 16.9 Å². The Morgan fingerprint density at radius 3 is 3.07 bits per heavy atom. The molecule has 0 atom stereocenters. The monoisotopic (exact) mass is 198 g/mol. The van der Waals surface area contributed by atoms with Gasteiger partial charge in [-0.25, -0.2) is 0 Å². The minimum atomic E-state index is -0.200. The number of nitrogens with one attached hydrogen (secondary N) is 1. The second kappa shape index (κ2) is 5.33. The van der Waals surface area contributed by atoms with E-state index >= 15 is 0 Å². The Balaban J connectivity index is 2.29. The second-order valence-corrected chi connectivity index (χ2v) is 2.88. The topological polar surface area (TPSA) is 69.0 Å². The van der Waals surface area contributed by atoms with E-state index in [9.17, 15) is 4.79 Å². The summed E-state index contributed by atoms with van der Waals surface area (Å²) in [4.78, 5) is 11.4. The molecule has 1 aromatic heterocycles. The fraction of sp³-hybridized carbons (Fsp3) is 0.625. The number of nitrogens with zero attached hydrogens (tertiary/aromatic N) is 3. The highest BCUT2D eigenvalue weighted by atomic mass is 16.5. The van der Waals surface area contributed by atoms with Crippen LogP contribution in [-0.2, 0) is 11.8 Å². The molecular formula is C8H14N4O2. The number of rotatable bonds is 5. The number of ether oxygens (including phenoxy) is 1. The van der Waals surface area contributed by atoms with Gasteiger partial charge in [0.25, 0.3) is 5.91 Å². The Morgan fingerprint density at radius 1 is 1.71 bits per heavy atom. The summed E-state index contributed by atoms with van der Waals surface area (Å²) in [6, 6.07) is 0. The van der Waals surface area contributed by atoms with Crippen LogP contribution < -0.4 is 5.32 Å². The van der Waals surface area contributed by atoms with Gasteiger partial charge in [0.1, 0.15) is 0 Å². The van der Waals surface area contributed by atoms with Crippen molar-refractivity contribution in [2.24, 2.45) is 7.05 Å². The number of methoxy groups -OCH3 is 1. The van der Waals surface area contributed by atoms with Gasteiger partial charge in [-0.1, -0.05) is 5.21 Å². The van der Waals surface area contributed by atoms with E-state index in [1.54, 1.807) is 20.4 Å². The molecule has 1 heterocycles. The lowest BCUT2D eigenvalue weighted by Gasteiger charge is -2.01. The molecule has 0 bridgehead atoms. The molecule has 1 N–H and O–H groups in total. The Hall–Kier alpha value is -1.43. The SMILES string of the molecule is COCCCNC(=O)c1cn(C)nn1. The first kappa shape index (κ1) is 10.6. The smallest absolute Gasteiger partial charge is 0.273 e. The molecular weight excluding hydrogens is 184 g/mol. The van der Waals surface area contributed by atoms with E-state index in [4.69, 9.17) is 4.74 Å². The zero-order chi connectivity index (χ0) is 10.4. The minimum absolute atomic E-state index is 0.200. The highest BCUT2D eigenvalue weighted by molar-refractivity contribution is 5.91. The second-order valence-electron chi connectivity index (χ2n) is 2.88. The van der Waals surface area contributed by atoms with Crippen LogP contribution in [0, 0.1) is 0 Å². The maximum atomic E-state index is 11.4. The Bertz CT molecular complexity index is 297. The van der Waals surface area contributed by atoms with E-state index in [2.05, 4.69) is 15.6 Å². The Morgan fingerprint density at radius 2 is 2.50 bits per heavy atom. The number of aromatic nitrogens is 3. The van der Waals surface area contributed by atoms with Crippen molar-refractivity contribution in [1.82, 2.24) is 20.3 Å². The van der Waals surface area contributed by atoms with Gasteiger partial charge in [-0.15, -0.1) is 5.10 Å². The van der Waals surface area contributed by atoms with Crippen LogP contribution in [0.25, 0.3) is 0 Å². The third-order valence-electron chi connectivity index (χ3n) is 1.65. The predicted octanol–water partition coefficient (Wildman–Crippen LogP) is -0.419. The fourth-order valence-corrected chi connectivity index (χ4v) is 0.960. The summed E-state index contributed by atoms with van der Waals surface area (Å²) in [6.45, 7) is 1.23. The van der Waals surface area contributed by atoms with Crippen LogP contribution in [-0.4, -0.2) is 41.2 Å². The van der Waals surface area contributed by atoms with Crippen molar-refractivity contribution in [3.05, 3.63) is 11.9 Å². The van der Waals surface area contributed by atoms with Crippen LogP contribution in [0.2, 0.25) is 0 Å². The summed E-state index contributed by atoms with van der Waals surface area (Å²) in [5, 5.41) is 10.1. The standard InChI is InChI=1S/C8H14N4O2/c1-12-6-7(10-11-12)8(13)9-4-3-5-14-2/h6H,3-5H2,1-2H3,(H,9,13). The first-order valence-electron chi connectivity index (χ1n) is 4.37. The molecule has 0 aliphatic carbocycles. The molecule has 6 heteroatoms. The lowest BCUT2D eigenvalue weighted by molar-refractivity contribution is 0.0943. The third-order valence-corrected chi connectivity index (χ3v) is 1.65. The molecule has 1 aromatic rings. The molecule has 0 fully saturated rings. The largest absolute Gasteiger partial charge is 0.385 e. The molecule has 0 aliphatic heterocycles. The molecule has 6 nitrogen and oxygen atoms in total. The lowest BCUT2D eigenvalue weighted by Crippen LogP contribution is -2.25. The average molecular weight is 198 g/mol. The summed E-state index contributed by atoms with van der Waals surface area (Å²) in [5.41, 5.74) is 0.338. The van der Waals surface area contributed by atoms with E-state index in [0.717, 1.165) is 6.42 Å². The van der Waals surface area contributed by atoms with Gasteiger partial charge in [-0.3, -0.25) is 9.48 Å². The van der Waals surface area contributed by atoms with Crippen LogP contribution in [0.5, 0.6) is 0 Å². The van der Waals surface area contributed by atoms with Gasteiger partial charge in [0.15, 0.2) is 5.69 Å². The van der Waals surface area contributed by atoms with Crippen LogP contribution in [0.15, 0.2) is 6.20 Å². The molecule has 0 radical (unpaired) electrons. The molecule has 0 spiro atoms. The van der Waals surface area contributed by atoms with Gasteiger partial charge in [0.05, 0.1) is 6.20 Å². The Kier molecular flexibility index (Phi) is 4.06. The summed E-state index contributed by atoms with van der Waals surface area (Å²) in [5.74, 6) is -0.200. The number of aryl methyl sites for hydroxylation is 1. The predicted molar refractivity (Wildman–Crippen MR) is 49.8 cm³/mol. The zero-order valence-electron chi connectivity index (χ0n) is 8.36. The maximum absolute atomic E-state index is 11.4. The zero-order valence-corrected chi connectivity index (χ0v) is 8.36.